The van der Waals surface area contributed by atoms with Gasteiger partial charge in [-0.2, -0.15) is 0 Å². The van der Waals surface area contributed by atoms with Crippen LogP contribution < -0.4 is 4.74 Å². The molecule has 0 spiro atoms. The highest BCUT2D eigenvalue weighted by Crippen LogP contribution is 2.52. The van der Waals surface area contributed by atoms with Crippen LogP contribution in [0.4, 0.5) is 0 Å². The van der Waals surface area contributed by atoms with Crippen molar-refractivity contribution in [3.8, 4) is 5.75 Å². The molecule has 1 nitrogen and oxygen atoms in total. The molecule has 0 saturated carbocycles. The Kier molecular flexibility index (Phi) is 9.71. The predicted molar refractivity (Wildman–Crippen MR) is 144 cm³/mol. The van der Waals surface area contributed by atoms with Gasteiger partial charge in [0.15, 0.2) is 0 Å². The lowest BCUT2D eigenvalue weighted by molar-refractivity contribution is 0.167. The molecule has 1 aliphatic carbocycles. The Labute approximate surface area is 205 Å². The molecule has 0 aromatic heterocycles. The van der Waals surface area contributed by atoms with Gasteiger partial charge in [0.2, 0.25) is 0 Å². The first kappa shape index (κ1) is 26.1. The molecule has 4 bridgehead atoms. The molecule has 184 valence electrons. The lowest BCUT2D eigenvalue weighted by atomic mass is 9.69. The Morgan fingerprint density at radius 2 is 1.52 bits per heavy atom. The Hall–Kier alpha value is -1.50. The molecule has 1 aliphatic heterocycles. The average Bonchev–Trinajstić information content (AvgIpc) is 3.08. The molecule has 33 heavy (non-hydrogen) atoms. The summed E-state index contributed by atoms with van der Waals surface area (Å²) in [5.74, 6) is 1.19. The van der Waals surface area contributed by atoms with E-state index in [1.54, 1.807) is 0 Å². The van der Waals surface area contributed by atoms with Gasteiger partial charge in [-0.1, -0.05) is 122 Å². The summed E-state index contributed by atoms with van der Waals surface area (Å²) in [6, 6.07) is 4.88. The minimum atomic E-state index is 0.0767. The average molecular weight is 451 g/mol. The fourth-order valence-electron chi connectivity index (χ4n) is 6.53. The van der Waals surface area contributed by atoms with E-state index in [1.165, 1.54) is 112 Å². The third-order valence-electron chi connectivity index (χ3n) is 8.24. The van der Waals surface area contributed by atoms with Crippen LogP contribution >= 0.6 is 0 Å². The molecular weight excluding hydrogens is 400 g/mol. The maximum atomic E-state index is 6.80. The van der Waals surface area contributed by atoms with Crippen LogP contribution in [0.1, 0.15) is 127 Å². The quantitative estimate of drug-likeness (QED) is 0.406. The van der Waals surface area contributed by atoms with E-state index in [-0.39, 0.29) is 16.9 Å². The maximum Gasteiger partial charge on any atom is 0.127 e. The summed E-state index contributed by atoms with van der Waals surface area (Å²) < 4.78 is 6.80. The molecule has 2 atom stereocenters. The van der Waals surface area contributed by atoms with Crippen LogP contribution in [-0.4, -0.2) is 6.10 Å². The first-order valence-corrected chi connectivity index (χ1v) is 14.0. The second kappa shape index (κ2) is 12.3. The summed E-state index contributed by atoms with van der Waals surface area (Å²) in [4.78, 5) is 0. The molecule has 3 rings (SSSR count). The van der Waals surface area contributed by atoms with E-state index in [0.29, 0.717) is 0 Å². The van der Waals surface area contributed by atoms with Gasteiger partial charge in [-0.15, -0.1) is 6.58 Å². The van der Waals surface area contributed by atoms with Crippen molar-refractivity contribution in [2.75, 3.05) is 0 Å². The first-order chi connectivity index (χ1) is 16.0. The zero-order valence-corrected chi connectivity index (χ0v) is 22.0. The van der Waals surface area contributed by atoms with Crippen molar-refractivity contribution in [1.29, 1.82) is 0 Å². The van der Waals surface area contributed by atoms with Crippen LogP contribution in [0.25, 0.3) is 0 Å². The maximum absolute atomic E-state index is 6.80. The fourth-order valence-corrected chi connectivity index (χ4v) is 6.53. The summed E-state index contributed by atoms with van der Waals surface area (Å²) in [5.41, 5.74) is 4.65. The second-order valence-electron chi connectivity index (χ2n) is 11.7. The van der Waals surface area contributed by atoms with Gasteiger partial charge in [-0.3, -0.25) is 0 Å². The number of benzene rings is 1. The van der Waals surface area contributed by atoms with Gasteiger partial charge in [-0.05, 0) is 48.6 Å². The topological polar surface area (TPSA) is 9.23 Å². The number of hydrogen-bond donors (Lipinski definition) is 0. The van der Waals surface area contributed by atoms with Crippen molar-refractivity contribution in [2.24, 2.45) is 5.41 Å². The highest BCUT2D eigenvalue weighted by molar-refractivity contribution is 5.54. The Morgan fingerprint density at radius 1 is 0.909 bits per heavy atom. The summed E-state index contributed by atoms with van der Waals surface area (Å²) in [5, 5.41) is 0. The van der Waals surface area contributed by atoms with Crippen LogP contribution in [0, 0.1) is 5.41 Å². The molecule has 2 unspecified atom stereocenters. The van der Waals surface area contributed by atoms with Crippen molar-refractivity contribution >= 4 is 0 Å². The van der Waals surface area contributed by atoms with Crippen LogP contribution in [0.3, 0.4) is 0 Å². The molecule has 0 radical (unpaired) electrons. The SMILES string of the molecule is C=CCc1cc2c3c(c1)C(CCC)(CCCCCCCCCCCCC(C)(C)C2)C(C=C)O3. The van der Waals surface area contributed by atoms with E-state index >= 15 is 0 Å². The summed E-state index contributed by atoms with van der Waals surface area (Å²) >= 11 is 0. The Bertz CT molecular complexity index is 773. The smallest absolute Gasteiger partial charge is 0.127 e. The summed E-state index contributed by atoms with van der Waals surface area (Å²) in [7, 11) is 0. The predicted octanol–water partition coefficient (Wildman–Crippen LogP) is 9.66. The zero-order chi connectivity index (χ0) is 23.7. The number of allylic oxidation sites excluding steroid dienone is 1. The number of hydrogen-bond acceptors (Lipinski definition) is 1. The lowest BCUT2D eigenvalue weighted by Gasteiger charge is -2.33. The molecule has 0 fully saturated rings. The van der Waals surface area contributed by atoms with Gasteiger partial charge in [0.05, 0.1) is 0 Å². The Morgan fingerprint density at radius 3 is 2.09 bits per heavy atom. The standard InChI is InChI=1S/C32H50O/c1-6-19-26-23-27-25-31(4,5)21-17-15-13-11-9-10-12-14-16-18-22-32(20-7-2)28(24-26)30(27)33-29(32)8-3/h6,8,23-24,29H,1,3,7,9-22,25H2,2,4-5H3. The normalized spacial score (nSPS) is 26.6. The molecule has 0 saturated heterocycles. The van der Waals surface area contributed by atoms with E-state index in [4.69, 9.17) is 4.74 Å². The van der Waals surface area contributed by atoms with E-state index < -0.39 is 0 Å². The Balaban J connectivity index is 2.02. The molecule has 1 aromatic carbocycles. The molecule has 2 aliphatic rings. The van der Waals surface area contributed by atoms with Crippen molar-refractivity contribution in [1.82, 2.24) is 0 Å². The largest absolute Gasteiger partial charge is 0.485 e. The number of ether oxygens (including phenoxy) is 1. The highest BCUT2D eigenvalue weighted by atomic mass is 16.5. The monoisotopic (exact) mass is 450 g/mol. The van der Waals surface area contributed by atoms with Crippen molar-refractivity contribution in [3.63, 3.8) is 0 Å². The molecular formula is C32H50O. The van der Waals surface area contributed by atoms with Crippen LogP contribution in [0.15, 0.2) is 37.4 Å². The van der Waals surface area contributed by atoms with Crippen molar-refractivity contribution in [3.05, 3.63) is 54.1 Å². The lowest BCUT2D eigenvalue weighted by Crippen LogP contribution is -2.36. The molecule has 0 amide bonds. The van der Waals surface area contributed by atoms with Gasteiger partial charge >= 0.3 is 0 Å². The van der Waals surface area contributed by atoms with Crippen LogP contribution in [-0.2, 0) is 18.3 Å². The third-order valence-corrected chi connectivity index (χ3v) is 8.24. The minimum absolute atomic E-state index is 0.0767. The molecule has 0 N–H and O–H groups in total. The van der Waals surface area contributed by atoms with Gasteiger partial charge in [0.1, 0.15) is 11.9 Å². The van der Waals surface area contributed by atoms with Crippen LogP contribution in [0.2, 0.25) is 0 Å². The summed E-state index contributed by atoms with van der Waals surface area (Å²) in [6.45, 7) is 15.5. The van der Waals surface area contributed by atoms with Gasteiger partial charge in [0.25, 0.3) is 0 Å². The van der Waals surface area contributed by atoms with E-state index in [9.17, 15) is 0 Å². The molecule has 1 heteroatoms. The van der Waals surface area contributed by atoms with Crippen molar-refractivity contribution < 1.29 is 4.74 Å². The van der Waals surface area contributed by atoms with Crippen molar-refractivity contribution in [2.45, 2.75) is 135 Å². The molecule has 1 aromatic rings. The fraction of sp³-hybridized carbons (Fsp3) is 0.688. The third kappa shape index (κ3) is 6.55. The van der Waals surface area contributed by atoms with Gasteiger partial charge in [-0.25, -0.2) is 0 Å². The molecule has 1 heterocycles. The second-order valence-corrected chi connectivity index (χ2v) is 11.7. The van der Waals surface area contributed by atoms with E-state index in [0.717, 1.165) is 12.8 Å². The zero-order valence-electron chi connectivity index (χ0n) is 22.0. The summed E-state index contributed by atoms with van der Waals surface area (Å²) in [6.07, 6.45) is 24.9. The van der Waals surface area contributed by atoms with E-state index in [2.05, 4.69) is 58.2 Å². The van der Waals surface area contributed by atoms with Gasteiger partial charge in [0, 0.05) is 11.0 Å². The number of rotatable bonds is 5. The highest BCUT2D eigenvalue weighted by Gasteiger charge is 2.47. The minimum Gasteiger partial charge on any atom is -0.485 e. The van der Waals surface area contributed by atoms with Crippen LogP contribution in [0.5, 0.6) is 5.75 Å². The van der Waals surface area contributed by atoms with E-state index in [1.807, 2.05) is 0 Å². The first-order valence-electron chi connectivity index (χ1n) is 14.0. The van der Waals surface area contributed by atoms with Gasteiger partial charge < -0.3 is 4.74 Å².